The molecule has 0 aromatic heterocycles. The molecule has 0 heterocycles. The summed E-state index contributed by atoms with van der Waals surface area (Å²) in [6.07, 6.45) is 11.5. The summed E-state index contributed by atoms with van der Waals surface area (Å²) in [4.78, 5) is 0. The minimum absolute atomic E-state index is 0.0257. The van der Waals surface area contributed by atoms with Gasteiger partial charge in [0.05, 0.1) is 12.2 Å². The van der Waals surface area contributed by atoms with Gasteiger partial charge in [0.25, 0.3) is 0 Å². The van der Waals surface area contributed by atoms with Gasteiger partial charge in [0, 0.05) is 6.54 Å². The molecule has 1 saturated carbocycles. The molecule has 0 saturated heterocycles. The molecular formula is C15H31NO. The summed E-state index contributed by atoms with van der Waals surface area (Å²) in [6, 6.07) is 0. The Kier molecular flexibility index (Phi) is 7.14. The third kappa shape index (κ3) is 4.97. The molecule has 2 heteroatoms. The van der Waals surface area contributed by atoms with Crippen molar-refractivity contribution >= 4 is 0 Å². The molecule has 1 unspecified atom stereocenters. The third-order valence-corrected chi connectivity index (χ3v) is 4.31. The van der Waals surface area contributed by atoms with Crippen molar-refractivity contribution in [3.63, 3.8) is 0 Å². The van der Waals surface area contributed by atoms with E-state index in [-0.39, 0.29) is 5.60 Å². The Hall–Kier alpha value is -0.0800. The van der Waals surface area contributed by atoms with Crippen LogP contribution in [0.1, 0.15) is 71.6 Å². The van der Waals surface area contributed by atoms with E-state index in [4.69, 9.17) is 10.5 Å². The van der Waals surface area contributed by atoms with Gasteiger partial charge < -0.3 is 10.5 Å². The maximum absolute atomic E-state index is 6.24. The number of hydrogen-bond donors (Lipinski definition) is 1. The molecule has 0 radical (unpaired) electrons. The molecule has 0 amide bonds. The smallest absolute Gasteiger partial charge is 0.0804 e. The maximum atomic E-state index is 6.24. The quantitative estimate of drug-likeness (QED) is 0.700. The van der Waals surface area contributed by atoms with E-state index in [1.54, 1.807) is 0 Å². The van der Waals surface area contributed by atoms with Crippen LogP contribution in [0, 0.1) is 5.92 Å². The fourth-order valence-electron chi connectivity index (χ4n) is 2.80. The number of nitrogens with two attached hydrogens (primary N) is 1. The van der Waals surface area contributed by atoms with Crippen LogP contribution in [0.25, 0.3) is 0 Å². The van der Waals surface area contributed by atoms with Crippen molar-refractivity contribution in [1.82, 2.24) is 0 Å². The van der Waals surface area contributed by atoms with Gasteiger partial charge in [0.1, 0.15) is 0 Å². The average Bonchev–Trinajstić information content (AvgIpc) is 2.40. The van der Waals surface area contributed by atoms with E-state index in [1.807, 2.05) is 0 Å². The molecule has 17 heavy (non-hydrogen) atoms. The van der Waals surface area contributed by atoms with E-state index < -0.39 is 0 Å². The van der Waals surface area contributed by atoms with E-state index in [1.165, 1.54) is 57.8 Å². The first kappa shape index (κ1) is 15.0. The van der Waals surface area contributed by atoms with Gasteiger partial charge in [-0.05, 0) is 25.2 Å². The first-order valence-corrected chi connectivity index (χ1v) is 7.60. The Morgan fingerprint density at radius 3 is 2.41 bits per heavy atom. The molecule has 0 aromatic carbocycles. The Balaban J connectivity index is 2.34. The molecule has 0 aliphatic heterocycles. The molecule has 1 fully saturated rings. The van der Waals surface area contributed by atoms with E-state index in [0.29, 0.717) is 6.54 Å². The lowest BCUT2D eigenvalue weighted by molar-refractivity contribution is -0.0781. The Morgan fingerprint density at radius 2 is 1.88 bits per heavy atom. The molecule has 0 aromatic rings. The zero-order chi connectivity index (χ0) is 12.6. The summed E-state index contributed by atoms with van der Waals surface area (Å²) in [5.41, 5.74) is 5.97. The van der Waals surface area contributed by atoms with Crippen molar-refractivity contribution in [3.8, 4) is 0 Å². The molecule has 1 aliphatic rings. The molecule has 0 spiro atoms. The molecule has 2 nitrogen and oxygen atoms in total. The van der Waals surface area contributed by atoms with Crippen molar-refractivity contribution in [2.24, 2.45) is 11.7 Å². The summed E-state index contributed by atoms with van der Waals surface area (Å²) in [7, 11) is 0. The van der Waals surface area contributed by atoms with Gasteiger partial charge in [-0.2, -0.15) is 0 Å². The topological polar surface area (TPSA) is 35.2 Å². The number of unbranched alkanes of at least 4 members (excludes halogenated alkanes) is 1. The van der Waals surface area contributed by atoms with Gasteiger partial charge >= 0.3 is 0 Å². The summed E-state index contributed by atoms with van der Waals surface area (Å²) < 4.78 is 6.24. The standard InChI is InChI=1S/C15H31NO/c1-3-5-9-14(4-2)12-17-15(13-16)10-7-6-8-11-15/h14H,3-13,16H2,1-2H3. The van der Waals surface area contributed by atoms with Crippen molar-refractivity contribution in [2.45, 2.75) is 77.2 Å². The van der Waals surface area contributed by atoms with Crippen molar-refractivity contribution < 1.29 is 4.74 Å². The second-order valence-corrected chi connectivity index (χ2v) is 5.68. The predicted molar refractivity (Wildman–Crippen MR) is 74.1 cm³/mol. The minimum atomic E-state index is 0.0257. The highest BCUT2D eigenvalue weighted by Gasteiger charge is 2.31. The van der Waals surface area contributed by atoms with Crippen LogP contribution in [0.15, 0.2) is 0 Å². The summed E-state index contributed by atoms with van der Waals surface area (Å²) >= 11 is 0. The van der Waals surface area contributed by atoms with Crippen molar-refractivity contribution in [1.29, 1.82) is 0 Å². The van der Waals surface area contributed by atoms with Crippen LogP contribution in [-0.4, -0.2) is 18.8 Å². The molecule has 1 atom stereocenters. The summed E-state index contributed by atoms with van der Waals surface area (Å²) in [5, 5.41) is 0. The van der Waals surface area contributed by atoms with Gasteiger partial charge in [-0.25, -0.2) is 0 Å². The highest BCUT2D eigenvalue weighted by atomic mass is 16.5. The van der Waals surface area contributed by atoms with Gasteiger partial charge in [0.2, 0.25) is 0 Å². The van der Waals surface area contributed by atoms with Gasteiger partial charge in [-0.15, -0.1) is 0 Å². The first-order chi connectivity index (χ1) is 8.26. The van der Waals surface area contributed by atoms with Crippen LogP contribution in [0.4, 0.5) is 0 Å². The van der Waals surface area contributed by atoms with E-state index in [2.05, 4.69) is 13.8 Å². The van der Waals surface area contributed by atoms with Crippen LogP contribution in [0.5, 0.6) is 0 Å². The maximum Gasteiger partial charge on any atom is 0.0804 e. The second kappa shape index (κ2) is 8.10. The molecule has 1 aliphatic carbocycles. The van der Waals surface area contributed by atoms with Gasteiger partial charge in [-0.3, -0.25) is 0 Å². The molecule has 1 rings (SSSR count). The molecule has 0 bridgehead atoms. The average molecular weight is 241 g/mol. The Bertz CT molecular complexity index is 187. The van der Waals surface area contributed by atoms with Crippen molar-refractivity contribution in [3.05, 3.63) is 0 Å². The SMILES string of the molecule is CCCCC(CC)COC1(CN)CCCCC1. The van der Waals surface area contributed by atoms with Crippen LogP contribution >= 0.6 is 0 Å². The van der Waals surface area contributed by atoms with Crippen LogP contribution < -0.4 is 5.73 Å². The van der Waals surface area contributed by atoms with Crippen LogP contribution in [0.3, 0.4) is 0 Å². The lowest BCUT2D eigenvalue weighted by Crippen LogP contribution is -2.43. The molecular weight excluding hydrogens is 210 g/mol. The van der Waals surface area contributed by atoms with E-state index in [0.717, 1.165) is 12.5 Å². The highest BCUT2D eigenvalue weighted by molar-refractivity contribution is 4.85. The predicted octanol–water partition coefficient (Wildman–Crippen LogP) is 3.88. The largest absolute Gasteiger partial charge is 0.373 e. The zero-order valence-corrected chi connectivity index (χ0v) is 11.8. The Labute approximate surface area is 107 Å². The number of rotatable bonds is 8. The van der Waals surface area contributed by atoms with E-state index >= 15 is 0 Å². The van der Waals surface area contributed by atoms with Crippen molar-refractivity contribution in [2.75, 3.05) is 13.2 Å². The van der Waals surface area contributed by atoms with Gasteiger partial charge in [0.15, 0.2) is 0 Å². The third-order valence-electron chi connectivity index (χ3n) is 4.31. The second-order valence-electron chi connectivity index (χ2n) is 5.68. The highest BCUT2D eigenvalue weighted by Crippen LogP contribution is 2.31. The summed E-state index contributed by atoms with van der Waals surface area (Å²) in [6.45, 7) is 6.17. The monoisotopic (exact) mass is 241 g/mol. The fraction of sp³-hybridized carbons (Fsp3) is 1.00. The Morgan fingerprint density at radius 1 is 1.18 bits per heavy atom. The minimum Gasteiger partial charge on any atom is -0.373 e. The summed E-state index contributed by atoms with van der Waals surface area (Å²) in [5.74, 6) is 0.736. The van der Waals surface area contributed by atoms with Crippen LogP contribution in [-0.2, 0) is 4.74 Å². The van der Waals surface area contributed by atoms with Crippen LogP contribution in [0.2, 0.25) is 0 Å². The first-order valence-electron chi connectivity index (χ1n) is 7.60. The lowest BCUT2D eigenvalue weighted by atomic mass is 9.84. The van der Waals surface area contributed by atoms with E-state index in [9.17, 15) is 0 Å². The molecule has 102 valence electrons. The lowest BCUT2D eigenvalue weighted by Gasteiger charge is -2.37. The van der Waals surface area contributed by atoms with Gasteiger partial charge in [-0.1, -0.05) is 52.4 Å². The fourth-order valence-corrected chi connectivity index (χ4v) is 2.80. The normalized spacial score (nSPS) is 21.4. The molecule has 2 N–H and O–H groups in total. The zero-order valence-electron chi connectivity index (χ0n) is 11.8. The number of hydrogen-bond acceptors (Lipinski definition) is 2. The number of ether oxygens (including phenoxy) is 1.